The fraction of sp³-hybridized carbons (Fsp3) is 0.100. The van der Waals surface area contributed by atoms with Gasteiger partial charge in [-0.25, -0.2) is 9.18 Å². The van der Waals surface area contributed by atoms with Crippen LogP contribution in [0.4, 0.5) is 4.39 Å². The molecule has 0 atom stereocenters. The maximum Gasteiger partial charge on any atom is 0.341 e. The summed E-state index contributed by atoms with van der Waals surface area (Å²) in [5.74, 6) is -1.98. The Morgan fingerprint density at radius 2 is 2.17 bits per heavy atom. The van der Waals surface area contributed by atoms with Crippen molar-refractivity contribution >= 4 is 5.97 Å². The molecule has 8 heteroatoms. The molecule has 94 valence electrons. The smallest absolute Gasteiger partial charge is 0.341 e. The van der Waals surface area contributed by atoms with E-state index in [1.165, 1.54) is 18.2 Å². The summed E-state index contributed by atoms with van der Waals surface area (Å²) < 4.78 is 18.1. The number of aromatic nitrogens is 3. The third-order valence-electron chi connectivity index (χ3n) is 2.01. The van der Waals surface area contributed by atoms with Gasteiger partial charge in [-0.2, -0.15) is 4.98 Å². The summed E-state index contributed by atoms with van der Waals surface area (Å²) in [6.07, 6.45) is 0. The van der Waals surface area contributed by atoms with Gasteiger partial charge in [0.2, 0.25) is 5.82 Å². The highest BCUT2D eigenvalue weighted by molar-refractivity contribution is 5.68. The lowest BCUT2D eigenvalue weighted by molar-refractivity contribution is -0.139. The molecule has 2 aromatic rings. The SMILES string of the molecule is O=C(O)COc1nc(-c2ccccc2F)n(O)n1. The fourth-order valence-corrected chi connectivity index (χ4v) is 1.28. The van der Waals surface area contributed by atoms with Gasteiger partial charge in [-0.1, -0.05) is 22.1 Å². The summed E-state index contributed by atoms with van der Waals surface area (Å²) in [4.78, 5) is 14.3. The van der Waals surface area contributed by atoms with Crippen molar-refractivity contribution in [3.05, 3.63) is 30.1 Å². The zero-order valence-electron chi connectivity index (χ0n) is 8.95. The average molecular weight is 253 g/mol. The molecule has 7 nitrogen and oxygen atoms in total. The summed E-state index contributed by atoms with van der Waals surface area (Å²) in [7, 11) is 0. The molecule has 0 aliphatic rings. The second-order valence-corrected chi connectivity index (χ2v) is 3.27. The van der Waals surface area contributed by atoms with E-state index < -0.39 is 18.4 Å². The molecule has 0 spiro atoms. The summed E-state index contributed by atoms with van der Waals surface area (Å²) in [6, 6.07) is 5.29. The summed E-state index contributed by atoms with van der Waals surface area (Å²) >= 11 is 0. The number of hydrogen-bond donors (Lipinski definition) is 2. The maximum atomic E-state index is 13.5. The fourth-order valence-electron chi connectivity index (χ4n) is 1.28. The first-order valence-corrected chi connectivity index (χ1v) is 4.83. The molecular formula is C10H8FN3O4. The molecule has 1 aromatic carbocycles. The van der Waals surface area contributed by atoms with Crippen molar-refractivity contribution in [3.8, 4) is 17.4 Å². The Hall–Kier alpha value is -2.64. The van der Waals surface area contributed by atoms with E-state index in [0.29, 0.717) is 4.85 Å². The summed E-state index contributed by atoms with van der Waals surface area (Å²) in [6.45, 7) is -0.652. The van der Waals surface area contributed by atoms with Crippen molar-refractivity contribution < 1.29 is 24.2 Å². The molecule has 18 heavy (non-hydrogen) atoms. The van der Waals surface area contributed by atoms with Crippen molar-refractivity contribution in [2.24, 2.45) is 0 Å². The van der Waals surface area contributed by atoms with Crippen LogP contribution in [0.1, 0.15) is 0 Å². The molecule has 1 heterocycles. The van der Waals surface area contributed by atoms with Crippen LogP contribution in [0.3, 0.4) is 0 Å². The number of benzene rings is 1. The monoisotopic (exact) mass is 253 g/mol. The molecule has 0 aliphatic carbocycles. The van der Waals surface area contributed by atoms with Crippen LogP contribution in [0, 0.1) is 5.82 Å². The van der Waals surface area contributed by atoms with Crippen molar-refractivity contribution in [3.63, 3.8) is 0 Å². The first-order valence-electron chi connectivity index (χ1n) is 4.83. The first-order chi connectivity index (χ1) is 8.58. The molecule has 0 radical (unpaired) electrons. The van der Waals surface area contributed by atoms with Gasteiger partial charge in [0.05, 0.1) is 5.56 Å². The van der Waals surface area contributed by atoms with Crippen LogP contribution in [0.25, 0.3) is 11.4 Å². The van der Waals surface area contributed by atoms with Crippen LogP contribution in [0.2, 0.25) is 0 Å². The van der Waals surface area contributed by atoms with E-state index in [4.69, 9.17) is 5.11 Å². The molecule has 2 rings (SSSR count). The zero-order chi connectivity index (χ0) is 13.1. The van der Waals surface area contributed by atoms with Crippen LogP contribution < -0.4 is 4.74 Å². The zero-order valence-corrected chi connectivity index (χ0v) is 8.95. The Balaban J connectivity index is 2.30. The topological polar surface area (TPSA) is 97.5 Å². The number of carboxylic acid groups (broad SMARTS) is 1. The molecule has 0 unspecified atom stereocenters. The standard InChI is InChI=1S/C10H8FN3O4/c11-7-4-2-1-3-6(7)9-12-10(13-14(9)17)18-5-8(15)16/h1-4,17H,5H2,(H,15,16). The van der Waals surface area contributed by atoms with Gasteiger partial charge in [-0.15, -0.1) is 0 Å². The third-order valence-corrected chi connectivity index (χ3v) is 2.01. The van der Waals surface area contributed by atoms with Gasteiger partial charge in [0.15, 0.2) is 6.61 Å². The highest BCUT2D eigenvalue weighted by Crippen LogP contribution is 2.21. The van der Waals surface area contributed by atoms with E-state index in [1.54, 1.807) is 6.07 Å². The van der Waals surface area contributed by atoms with Gasteiger partial charge in [-0.05, 0) is 12.1 Å². The minimum Gasteiger partial charge on any atom is -0.479 e. The maximum absolute atomic E-state index is 13.5. The number of hydrogen-bond acceptors (Lipinski definition) is 5. The van der Waals surface area contributed by atoms with Crippen LogP contribution in [-0.2, 0) is 4.79 Å². The van der Waals surface area contributed by atoms with Crippen LogP contribution in [0.5, 0.6) is 6.01 Å². The molecule has 1 aromatic heterocycles. The van der Waals surface area contributed by atoms with E-state index in [1.807, 2.05) is 0 Å². The number of nitrogens with zero attached hydrogens (tertiary/aromatic N) is 3. The minimum atomic E-state index is -1.21. The van der Waals surface area contributed by atoms with E-state index >= 15 is 0 Å². The predicted molar refractivity (Wildman–Crippen MR) is 55.7 cm³/mol. The van der Waals surface area contributed by atoms with Crippen LogP contribution >= 0.6 is 0 Å². The highest BCUT2D eigenvalue weighted by atomic mass is 19.1. The first kappa shape index (κ1) is 11.8. The van der Waals surface area contributed by atoms with E-state index in [9.17, 15) is 14.4 Å². The lowest BCUT2D eigenvalue weighted by atomic mass is 10.2. The molecular weight excluding hydrogens is 245 g/mol. The van der Waals surface area contributed by atoms with Crippen LogP contribution in [0.15, 0.2) is 24.3 Å². The molecule has 0 saturated heterocycles. The number of carbonyl (C=O) groups is 1. The normalized spacial score (nSPS) is 10.3. The Morgan fingerprint density at radius 1 is 1.44 bits per heavy atom. The second-order valence-electron chi connectivity index (χ2n) is 3.27. The quantitative estimate of drug-likeness (QED) is 0.781. The Bertz CT molecular complexity index is 584. The molecule has 0 fully saturated rings. The predicted octanol–water partition coefficient (Wildman–Crippen LogP) is 0.785. The molecule has 0 saturated carbocycles. The lowest BCUT2D eigenvalue weighted by Crippen LogP contribution is -2.10. The Kier molecular flexibility index (Phi) is 3.09. The average Bonchev–Trinajstić information content (AvgIpc) is 2.69. The highest BCUT2D eigenvalue weighted by Gasteiger charge is 2.16. The van der Waals surface area contributed by atoms with Crippen molar-refractivity contribution in [1.29, 1.82) is 0 Å². The molecule has 0 bridgehead atoms. The summed E-state index contributed by atoms with van der Waals surface area (Å²) in [5, 5.41) is 21.2. The number of rotatable bonds is 4. The largest absolute Gasteiger partial charge is 0.479 e. The van der Waals surface area contributed by atoms with Gasteiger partial charge < -0.3 is 15.1 Å². The van der Waals surface area contributed by atoms with Crippen molar-refractivity contribution in [2.45, 2.75) is 0 Å². The molecule has 2 N–H and O–H groups in total. The second kappa shape index (κ2) is 4.70. The van der Waals surface area contributed by atoms with E-state index in [-0.39, 0.29) is 17.4 Å². The van der Waals surface area contributed by atoms with Gasteiger partial charge in [-0.3, -0.25) is 0 Å². The van der Waals surface area contributed by atoms with Crippen molar-refractivity contribution in [1.82, 2.24) is 14.9 Å². The lowest BCUT2D eigenvalue weighted by Gasteiger charge is -1.98. The number of ether oxygens (including phenoxy) is 1. The number of halogens is 1. The molecule has 0 amide bonds. The third kappa shape index (κ3) is 2.37. The number of aliphatic carboxylic acids is 1. The van der Waals surface area contributed by atoms with Gasteiger partial charge in [0.25, 0.3) is 0 Å². The van der Waals surface area contributed by atoms with Gasteiger partial charge in [0.1, 0.15) is 5.82 Å². The Morgan fingerprint density at radius 3 is 2.83 bits per heavy atom. The molecule has 0 aliphatic heterocycles. The Labute approximate surface area is 100 Å². The minimum absolute atomic E-state index is 0.0256. The van der Waals surface area contributed by atoms with Crippen LogP contribution in [-0.4, -0.2) is 37.8 Å². The van der Waals surface area contributed by atoms with Crippen molar-refractivity contribution in [2.75, 3.05) is 6.61 Å². The number of carboxylic acids is 1. The van der Waals surface area contributed by atoms with Gasteiger partial charge >= 0.3 is 12.0 Å². The van der Waals surface area contributed by atoms with E-state index in [0.717, 1.165) is 0 Å². The summed E-state index contributed by atoms with van der Waals surface area (Å²) in [5.41, 5.74) is 0.0256. The van der Waals surface area contributed by atoms with Gasteiger partial charge in [0, 0.05) is 0 Å². The van der Waals surface area contributed by atoms with E-state index in [2.05, 4.69) is 14.8 Å².